The highest BCUT2D eigenvalue weighted by atomic mass is 14.9. The van der Waals surface area contributed by atoms with Crippen molar-refractivity contribution in [2.24, 2.45) is 0 Å². The average molecular weight is 267 g/mol. The summed E-state index contributed by atoms with van der Waals surface area (Å²) in [4.78, 5) is 0. The smallest absolute Gasteiger partial charge is 0.0579 e. The lowest BCUT2D eigenvalue weighted by Crippen LogP contribution is -2.24. The van der Waals surface area contributed by atoms with Crippen molar-refractivity contribution >= 4 is 0 Å². The molecule has 1 heteroatoms. The zero-order valence-electron chi connectivity index (χ0n) is 13.0. The minimum atomic E-state index is 0.288. The van der Waals surface area contributed by atoms with Gasteiger partial charge in [-0.25, -0.2) is 0 Å². The molecular weight excluding hydrogens is 242 g/mol. The molecule has 0 heterocycles. The van der Waals surface area contributed by atoms with Crippen LogP contribution in [0.5, 0.6) is 0 Å². The fraction of sp³-hybridized carbons (Fsp3) is 0.368. The van der Waals surface area contributed by atoms with E-state index in [-0.39, 0.29) is 6.04 Å². The lowest BCUT2D eigenvalue weighted by Gasteiger charge is -2.22. The second kappa shape index (κ2) is 6.71. The predicted octanol–water partition coefficient (Wildman–Crippen LogP) is 4.70. The standard InChI is InChI=1S/C19H25N/c1-5-12-20-19(17-9-6-14(2)7-10-17)18-11-8-15(3)13-16(18)4/h6-11,13,19-20H,5,12H2,1-4H3. The Morgan fingerprint density at radius 3 is 2.15 bits per heavy atom. The summed E-state index contributed by atoms with van der Waals surface area (Å²) in [6.45, 7) is 9.73. The molecule has 2 aromatic carbocycles. The van der Waals surface area contributed by atoms with Gasteiger partial charge in [0.25, 0.3) is 0 Å². The fourth-order valence-corrected chi connectivity index (χ4v) is 2.60. The van der Waals surface area contributed by atoms with Gasteiger partial charge in [0, 0.05) is 0 Å². The second-order valence-corrected chi connectivity index (χ2v) is 5.66. The molecule has 1 atom stereocenters. The van der Waals surface area contributed by atoms with Gasteiger partial charge in [-0.3, -0.25) is 0 Å². The second-order valence-electron chi connectivity index (χ2n) is 5.66. The fourth-order valence-electron chi connectivity index (χ4n) is 2.60. The maximum atomic E-state index is 3.68. The summed E-state index contributed by atoms with van der Waals surface area (Å²) in [6.07, 6.45) is 1.15. The first kappa shape index (κ1) is 14.8. The molecule has 1 N–H and O–H groups in total. The summed E-state index contributed by atoms with van der Waals surface area (Å²) in [5.74, 6) is 0. The van der Waals surface area contributed by atoms with Gasteiger partial charge in [0.1, 0.15) is 0 Å². The van der Waals surface area contributed by atoms with Crippen LogP contribution in [0.1, 0.15) is 47.2 Å². The van der Waals surface area contributed by atoms with Crippen molar-refractivity contribution in [3.8, 4) is 0 Å². The summed E-state index contributed by atoms with van der Waals surface area (Å²) in [6, 6.07) is 15.9. The molecule has 106 valence electrons. The minimum Gasteiger partial charge on any atom is -0.306 e. The maximum Gasteiger partial charge on any atom is 0.0579 e. The number of aryl methyl sites for hydroxylation is 3. The number of hydrogen-bond acceptors (Lipinski definition) is 1. The molecule has 0 saturated heterocycles. The van der Waals surface area contributed by atoms with E-state index in [4.69, 9.17) is 0 Å². The summed E-state index contributed by atoms with van der Waals surface area (Å²) >= 11 is 0. The van der Waals surface area contributed by atoms with Crippen LogP contribution < -0.4 is 5.32 Å². The number of rotatable bonds is 5. The first-order valence-corrected chi connectivity index (χ1v) is 7.49. The quantitative estimate of drug-likeness (QED) is 0.828. The monoisotopic (exact) mass is 267 g/mol. The van der Waals surface area contributed by atoms with Gasteiger partial charge >= 0.3 is 0 Å². The van der Waals surface area contributed by atoms with Gasteiger partial charge in [0.2, 0.25) is 0 Å². The molecule has 0 radical (unpaired) electrons. The Hall–Kier alpha value is -1.60. The van der Waals surface area contributed by atoms with Crippen LogP contribution in [0.3, 0.4) is 0 Å². The molecule has 20 heavy (non-hydrogen) atoms. The Morgan fingerprint density at radius 2 is 1.55 bits per heavy atom. The van der Waals surface area contributed by atoms with E-state index in [0.717, 1.165) is 13.0 Å². The summed E-state index contributed by atoms with van der Waals surface area (Å²) in [7, 11) is 0. The van der Waals surface area contributed by atoms with Crippen molar-refractivity contribution in [2.75, 3.05) is 6.54 Å². The van der Waals surface area contributed by atoms with Crippen LogP contribution in [0.2, 0.25) is 0 Å². The van der Waals surface area contributed by atoms with Crippen LogP contribution >= 0.6 is 0 Å². The third-order valence-electron chi connectivity index (χ3n) is 3.75. The molecule has 2 aromatic rings. The largest absolute Gasteiger partial charge is 0.306 e. The van der Waals surface area contributed by atoms with E-state index < -0.39 is 0 Å². The van der Waals surface area contributed by atoms with Crippen LogP contribution in [0.25, 0.3) is 0 Å². The van der Waals surface area contributed by atoms with E-state index in [1.54, 1.807) is 0 Å². The topological polar surface area (TPSA) is 12.0 Å². The van der Waals surface area contributed by atoms with Gasteiger partial charge in [0.15, 0.2) is 0 Å². The summed E-state index contributed by atoms with van der Waals surface area (Å²) in [5, 5.41) is 3.68. The maximum absolute atomic E-state index is 3.68. The molecule has 0 aliphatic rings. The molecule has 0 bridgehead atoms. The van der Waals surface area contributed by atoms with E-state index in [0.29, 0.717) is 0 Å². The van der Waals surface area contributed by atoms with E-state index in [1.807, 2.05) is 0 Å². The Bertz CT molecular complexity index is 554. The molecular formula is C19H25N. The molecule has 0 spiro atoms. The Morgan fingerprint density at radius 1 is 0.900 bits per heavy atom. The molecule has 0 amide bonds. The van der Waals surface area contributed by atoms with E-state index in [1.165, 1.54) is 27.8 Å². The Kier molecular flexibility index (Phi) is 4.97. The highest BCUT2D eigenvalue weighted by Gasteiger charge is 2.15. The first-order chi connectivity index (χ1) is 9.61. The van der Waals surface area contributed by atoms with Gasteiger partial charge < -0.3 is 5.32 Å². The van der Waals surface area contributed by atoms with Gasteiger partial charge in [-0.05, 0) is 50.4 Å². The van der Waals surface area contributed by atoms with Crippen LogP contribution in [0.4, 0.5) is 0 Å². The van der Waals surface area contributed by atoms with Crippen LogP contribution in [0, 0.1) is 20.8 Å². The van der Waals surface area contributed by atoms with Gasteiger partial charge in [-0.15, -0.1) is 0 Å². The van der Waals surface area contributed by atoms with E-state index >= 15 is 0 Å². The van der Waals surface area contributed by atoms with Gasteiger partial charge in [-0.1, -0.05) is 60.5 Å². The summed E-state index contributed by atoms with van der Waals surface area (Å²) in [5.41, 5.74) is 6.72. The highest BCUT2D eigenvalue weighted by molar-refractivity contribution is 5.39. The molecule has 1 unspecified atom stereocenters. The van der Waals surface area contributed by atoms with Gasteiger partial charge in [-0.2, -0.15) is 0 Å². The Balaban J connectivity index is 2.38. The zero-order valence-corrected chi connectivity index (χ0v) is 13.0. The third-order valence-corrected chi connectivity index (χ3v) is 3.75. The van der Waals surface area contributed by atoms with Crippen LogP contribution in [-0.4, -0.2) is 6.54 Å². The molecule has 0 fully saturated rings. The van der Waals surface area contributed by atoms with Crippen molar-refractivity contribution in [1.29, 1.82) is 0 Å². The predicted molar refractivity (Wildman–Crippen MR) is 87.2 cm³/mol. The molecule has 1 nitrogen and oxygen atoms in total. The van der Waals surface area contributed by atoms with Crippen molar-refractivity contribution in [3.63, 3.8) is 0 Å². The molecule has 0 aromatic heterocycles. The van der Waals surface area contributed by atoms with Crippen molar-refractivity contribution < 1.29 is 0 Å². The van der Waals surface area contributed by atoms with Crippen LogP contribution in [0.15, 0.2) is 42.5 Å². The van der Waals surface area contributed by atoms with E-state index in [9.17, 15) is 0 Å². The van der Waals surface area contributed by atoms with Crippen molar-refractivity contribution in [1.82, 2.24) is 5.32 Å². The first-order valence-electron chi connectivity index (χ1n) is 7.49. The zero-order chi connectivity index (χ0) is 14.5. The van der Waals surface area contributed by atoms with Crippen LogP contribution in [-0.2, 0) is 0 Å². The van der Waals surface area contributed by atoms with Crippen molar-refractivity contribution in [2.45, 2.75) is 40.2 Å². The number of benzene rings is 2. The SMILES string of the molecule is CCCNC(c1ccc(C)cc1)c1ccc(C)cc1C. The molecule has 2 rings (SSSR count). The lowest BCUT2D eigenvalue weighted by molar-refractivity contribution is 0.596. The lowest BCUT2D eigenvalue weighted by atomic mass is 9.93. The third kappa shape index (κ3) is 3.49. The average Bonchev–Trinajstić information content (AvgIpc) is 2.42. The molecule has 0 saturated carbocycles. The molecule has 0 aliphatic heterocycles. The normalized spacial score (nSPS) is 12.4. The van der Waals surface area contributed by atoms with E-state index in [2.05, 4.69) is 75.5 Å². The van der Waals surface area contributed by atoms with Crippen molar-refractivity contribution in [3.05, 3.63) is 70.3 Å². The minimum absolute atomic E-state index is 0.288. The number of nitrogens with one attached hydrogen (secondary N) is 1. The Labute approximate surface area is 123 Å². The number of hydrogen-bond donors (Lipinski definition) is 1. The molecule has 0 aliphatic carbocycles. The summed E-state index contributed by atoms with van der Waals surface area (Å²) < 4.78 is 0. The van der Waals surface area contributed by atoms with Gasteiger partial charge in [0.05, 0.1) is 6.04 Å². The highest BCUT2D eigenvalue weighted by Crippen LogP contribution is 2.26.